The van der Waals surface area contributed by atoms with Crippen molar-refractivity contribution in [3.05, 3.63) is 53.5 Å². The predicted octanol–water partition coefficient (Wildman–Crippen LogP) is 3.65. The van der Waals surface area contributed by atoms with Crippen molar-refractivity contribution in [1.82, 2.24) is 4.90 Å². The van der Waals surface area contributed by atoms with Crippen LogP contribution in [0.5, 0.6) is 5.75 Å². The van der Waals surface area contributed by atoms with Crippen molar-refractivity contribution in [3.63, 3.8) is 0 Å². The Morgan fingerprint density at radius 2 is 2.00 bits per heavy atom. The van der Waals surface area contributed by atoms with Gasteiger partial charge in [0.1, 0.15) is 5.75 Å². The third-order valence-electron chi connectivity index (χ3n) is 3.36. The Labute approximate surface area is 125 Å². The van der Waals surface area contributed by atoms with E-state index in [1.165, 1.54) is 0 Å². The van der Waals surface area contributed by atoms with Crippen LogP contribution in [-0.4, -0.2) is 24.0 Å². The number of carbonyl (C=O) groups is 1. The number of rotatable bonds is 6. The standard InChI is InChI=1S/C17H21NO3/c1-4-18(17(19)16-13(3)10-11-21-16)12-14-8-6-7-9-15(14)20-5-2/h6-11H,4-5,12H2,1-3H3. The van der Waals surface area contributed by atoms with Crippen molar-refractivity contribution in [1.29, 1.82) is 0 Å². The zero-order valence-corrected chi connectivity index (χ0v) is 12.8. The van der Waals surface area contributed by atoms with Crippen molar-refractivity contribution >= 4 is 5.91 Å². The van der Waals surface area contributed by atoms with Gasteiger partial charge >= 0.3 is 0 Å². The lowest BCUT2D eigenvalue weighted by Gasteiger charge is -2.21. The summed E-state index contributed by atoms with van der Waals surface area (Å²) in [5.41, 5.74) is 1.86. The number of amides is 1. The van der Waals surface area contributed by atoms with E-state index >= 15 is 0 Å². The minimum atomic E-state index is -0.0914. The molecule has 2 aromatic rings. The third kappa shape index (κ3) is 3.45. The van der Waals surface area contributed by atoms with Crippen LogP contribution in [0.1, 0.15) is 35.5 Å². The lowest BCUT2D eigenvalue weighted by Crippen LogP contribution is -2.30. The molecule has 21 heavy (non-hydrogen) atoms. The summed E-state index contributed by atoms with van der Waals surface area (Å²) in [6, 6.07) is 9.60. The summed E-state index contributed by atoms with van der Waals surface area (Å²) in [6.07, 6.45) is 1.55. The number of furan rings is 1. The normalized spacial score (nSPS) is 10.4. The molecule has 0 unspecified atom stereocenters. The molecule has 0 N–H and O–H groups in total. The zero-order valence-electron chi connectivity index (χ0n) is 12.8. The molecule has 0 atom stereocenters. The number of hydrogen-bond acceptors (Lipinski definition) is 3. The summed E-state index contributed by atoms with van der Waals surface area (Å²) in [6.45, 7) is 7.50. The molecule has 112 valence electrons. The first-order valence-electron chi connectivity index (χ1n) is 7.21. The van der Waals surface area contributed by atoms with Gasteiger partial charge in [0.2, 0.25) is 0 Å². The number of nitrogens with zero attached hydrogens (tertiary/aromatic N) is 1. The third-order valence-corrected chi connectivity index (χ3v) is 3.36. The first kappa shape index (κ1) is 15.2. The Balaban J connectivity index is 2.20. The lowest BCUT2D eigenvalue weighted by molar-refractivity contribution is 0.0718. The minimum Gasteiger partial charge on any atom is -0.494 e. The van der Waals surface area contributed by atoms with E-state index in [0.29, 0.717) is 25.5 Å². The Morgan fingerprint density at radius 3 is 2.62 bits per heavy atom. The quantitative estimate of drug-likeness (QED) is 0.814. The van der Waals surface area contributed by atoms with E-state index < -0.39 is 0 Å². The van der Waals surface area contributed by atoms with Crippen LogP contribution in [0.4, 0.5) is 0 Å². The average Bonchev–Trinajstić information content (AvgIpc) is 2.92. The maximum absolute atomic E-state index is 12.5. The maximum atomic E-state index is 12.5. The number of benzene rings is 1. The monoisotopic (exact) mass is 287 g/mol. The summed E-state index contributed by atoms with van der Waals surface area (Å²) >= 11 is 0. The predicted molar refractivity (Wildman–Crippen MR) is 81.5 cm³/mol. The van der Waals surface area contributed by atoms with Crippen LogP contribution < -0.4 is 4.74 Å². The molecule has 0 radical (unpaired) electrons. The molecule has 0 fully saturated rings. The van der Waals surface area contributed by atoms with E-state index in [4.69, 9.17) is 9.15 Å². The van der Waals surface area contributed by atoms with Gasteiger partial charge in [0.15, 0.2) is 5.76 Å². The Hall–Kier alpha value is -2.23. The van der Waals surface area contributed by atoms with E-state index in [2.05, 4.69) is 0 Å². The van der Waals surface area contributed by atoms with Crippen LogP contribution in [-0.2, 0) is 6.54 Å². The molecule has 0 bridgehead atoms. The molecule has 1 heterocycles. The second kappa shape index (κ2) is 6.97. The van der Waals surface area contributed by atoms with Crippen LogP contribution in [0.3, 0.4) is 0 Å². The van der Waals surface area contributed by atoms with Gasteiger partial charge in [-0.2, -0.15) is 0 Å². The van der Waals surface area contributed by atoms with Crippen LogP contribution >= 0.6 is 0 Å². The molecular formula is C17H21NO3. The van der Waals surface area contributed by atoms with Gasteiger partial charge in [0.25, 0.3) is 5.91 Å². The molecule has 1 aromatic heterocycles. The SMILES string of the molecule is CCOc1ccccc1CN(CC)C(=O)c1occc1C. The number of hydrogen-bond donors (Lipinski definition) is 0. The smallest absolute Gasteiger partial charge is 0.290 e. The fraction of sp³-hybridized carbons (Fsp3) is 0.353. The Morgan fingerprint density at radius 1 is 1.24 bits per heavy atom. The van der Waals surface area contributed by atoms with Crippen LogP contribution in [0, 0.1) is 6.92 Å². The Bertz CT molecular complexity index is 604. The topological polar surface area (TPSA) is 42.7 Å². The highest BCUT2D eigenvalue weighted by atomic mass is 16.5. The molecule has 0 aliphatic carbocycles. The van der Waals surface area contributed by atoms with Crippen LogP contribution in [0.25, 0.3) is 0 Å². The summed E-state index contributed by atoms with van der Waals surface area (Å²) in [5, 5.41) is 0. The highest BCUT2D eigenvalue weighted by Gasteiger charge is 2.20. The van der Waals surface area contributed by atoms with E-state index in [9.17, 15) is 4.79 Å². The van der Waals surface area contributed by atoms with E-state index in [1.54, 1.807) is 17.2 Å². The minimum absolute atomic E-state index is 0.0914. The molecular weight excluding hydrogens is 266 g/mol. The first-order valence-corrected chi connectivity index (χ1v) is 7.21. The van der Waals surface area contributed by atoms with E-state index in [-0.39, 0.29) is 5.91 Å². The fourth-order valence-corrected chi connectivity index (χ4v) is 2.20. The van der Waals surface area contributed by atoms with Crippen molar-refractivity contribution in [2.45, 2.75) is 27.3 Å². The van der Waals surface area contributed by atoms with E-state index in [1.807, 2.05) is 45.0 Å². The first-order chi connectivity index (χ1) is 10.2. The molecule has 0 saturated carbocycles. The summed E-state index contributed by atoms with van der Waals surface area (Å²) < 4.78 is 10.9. The maximum Gasteiger partial charge on any atom is 0.290 e. The second-order valence-corrected chi connectivity index (χ2v) is 4.79. The summed E-state index contributed by atoms with van der Waals surface area (Å²) in [4.78, 5) is 14.3. The van der Waals surface area contributed by atoms with Gasteiger partial charge in [0, 0.05) is 24.2 Å². The van der Waals surface area contributed by atoms with Gasteiger partial charge in [-0.15, -0.1) is 0 Å². The highest BCUT2D eigenvalue weighted by molar-refractivity contribution is 5.92. The Kier molecular flexibility index (Phi) is 5.04. The molecule has 0 saturated heterocycles. The number of para-hydroxylation sites is 1. The van der Waals surface area contributed by atoms with Gasteiger partial charge in [-0.25, -0.2) is 0 Å². The summed E-state index contributed by atoms with van der Waals surface area (Å²) in [7, 11) is 0. The van der Waals surface area contributed by atoms with Crippen LogP contribution in [0.2, 0.25) is 0 Å². The van der Waals surface area contributed by atoms with Crippen molar-refractivity contribution in [3.8, 4) is 5.75 Å². The lowest BCUT2D eigenvalue weighted by atomic mass is 10.1. The van der Waals surface area contributed by atoms with Gasteiger partial charge < -0.3 is 14.1 Å². The van der Waals surface area contributed by atoms with E-state index in [0.717, 1.165) is 16.9 Å². The molecule has 0 spiro atoms. The molecule has 0 aliphatic heterocycles. The van der Waals surface area contributed by atoms with Gasteiger partial charge in [-0.3, -0.25) is 4.79 Å². The number of carbonyl (C=O) groups excluding carboxylic acids is 1. The summed E-state index contributed by atoms with van der Waals surface area (Å²) in [5.74, 6) is 1.14. The highest BCUT2D eigenvalue weighted by Crippen LogP contribution is 2.21. The largest absolute Gasteiger partial charge is 0.494 e. The molecule has 1 aromatic carbocycles. The molecule has 4 heteroatoms. The van der Waals surface area contributed by atoms with Gasteiger partial charge in [-0.05, 0) is 32.9 Å². The fourth-order valence-electron chi connectivity index (χ4n) is 2.20. The van der Waals surface area contributed by atoms with Crippen LogP contribution in [0.15, 0.2) is 41.0 Å². The second-order valence-electron chi connectivity index (χ2n) is 4.79. The average molecular weight is 287 g/mol. The van der Waals surface area contributed by atoms with Crippen molar-refractivity contribution in [2.75, 3.05) is 13.2 Å². The van der Waals surface area contributed by atoms with Gasteiger partial charge in [0.05, 0.1) is 12.9 Å². The van der Waals surface area contributed by atoms with Crippen molar-refractivity contribution in [2.24, 2.45) is 0 Å². The molecule has 2 rings (SSSR count). The number of ether oxygens (including phenoxy) is 1. The van der Waals surface area contributed by atoms with Gasteiger partial charge in [-0.1, -0.05) is 18.2 Å². The molecule has 0 aliphatic rings. The number of aryl methyl sites for hydroxylation is 1. The van der Waals surface area contributed by atoms with Crippen molar-refractivity contribution < 1.29 is 13.9 Å². The molecule has 1 amide bonds. The zero-order chi connectivity index (χ0) is 15.2. The molecule has 4 nitrogen and oxygen atoms in total.